The molecule has 0 saturated heterocycles. The minimum absolute atomic E-state index is 0.284. The molecule has 0 atom stereocenters. The van der Waals surface area contributed by atoms with Gasteiger partial charge in [0.25, 0.3) is 5.91 Å². The van der Waals surface area contributed by atoms with Crippen molar-refractivity contribution in [3.05, 3.63) is 46.9 Å². The topological polar surface area (TPSA) is 57.8 Å². The number of amides is 1. The average Bonchev–Trinajstić information content (AvgIpc) is 2.76. The van der Waals surface area contributed by atoms with Gasteiger partial charge in [0, 0.05) is 17.3 Å². The second kappa shape index (κ2) is 5.22. The lowest BCUT2D eigenvalue weighted by molar-refractivity contribution is 0.102. The fourth-order valence-corrected chi connectivity index (χ4v) is 1.75. The normalized spacial score (nSPS) is 10.8. The highest BCUT2D eigenvalue weighted by Crippen LogP contribution is 2.16. The third-order valence-corrected chi connectivity index (χ3v) is 2.77. The Balaban J connectivity index is 2.15. The molecule has 1 amide bonds. The number of aromatic amines is 1. The third kappa shape index (κ3) is 3.19. The second-order valence-corrected chi connectivity index (χ2v) is 4.83. The largest absolute Gasteiger partial charge is 0.305 e. The standard InChI is InChI=1S/C14H16FN3O/c1-8(2)12-7-13(18-17-12)16-14(19)10-4-9(3)5-11(15)6-10/h4-8H,1-3H3,(H2,16,17,18,19). The number of carbonyl (C=O) groups excluding carboxylic acids is 1. The zero-order valence-electron chi connectivity index (χ0n) is 11.1. The monoisotopic (exact) mass is 261 g/mol. The lowest BCUT2D eigenvalue weighted by atomic mass is 10.1. The molecule has 5 heteroatoms. The predicted molar refractivity (Wildman–Crippen MR) is 71.8 cm³/mol. The Morgan fingerprint density at radius 2 is 2.05 bits per heavy atom. The number of H-pyrrole nitrogens is 1. The first-order valence-electron chi connectivity index (χ1n) is 6.09. The Morgan fingerprint density at radius 3 is 2.63 bits per heavy atom. The van der Waals surface area contributed by atoms with E-state index in [9.17, 15) is 9.18 Å². The Labute approximate surface area is 111 Å². The Morgan fingerprint density at radius 1 is 1.32 bits per heavy atom. The van der Waals surface area contributed by atoms with Gasteiger partial charge in [-0.05, 0) is 36.6 Å². The van der Waals surface area contributed by atoms with Crippen LogP contribution in [-0.4, -0.2) is 16.1 Å². The smallest absolute Gasteiger partial charge is 0.256 e. The molecule has 0 unspecified atom stereocenters. The highest BCUT2D eigenvalue weighted by atomic mass is 19.1. The SMILES string of the molecule is Cc1cc(F)cc(C(=O)Nc2cc(C(C)C)[nH]n2)c1. The van der Waals surface area contributed by atoms with Gasteiger partial charge in [0.15, 0.2) is 5.82 Å². The van der Waals surface area contributed by atoms with E-state index in [2.05, 4.69) is 15.5 Å². The molecule has 100 valence electrons. The molecule has 0 fully saturated rings. The van der Waals surface area contributed by atoms with Gasteiger partial charge in [0.1, 0.15) is 5.82 Å². The number of anilines is 1. The quantitative estimate of drug-likeness (QED) is 0.891. The van der Waals surface area contributed by atoms with E-state index in [1.54, 1.807) is 19.1 Å². The number of hydrogen-bond acceptors (Lipinski definition) is 2. The van der Waals surface area contributed by atoms with Crippen molar-refractivity contribution < 1.29 is 9.18 Å². The molecule has 0 spiro atoms. The van der Waals surface area contributed by atoms with Crippen LogP contribution < -0.4 is 5.32 Å². The Hall–Kier alpha value is -2.17. The number of nitrogens with one attached hydrogen (secondary N) is 2. The van der Waals surface area contributed by atoms with E-state index in [1.807, 2.05) is 13.8 Å². The summed E-state index contributed by atoms with van der Waals surface area (Å²) in [7, 11) is 0. The summed E-state index contributed by atoms with van der Waals surface area (Å²) in [6.07, 6.45) is 0. The molecule has 4 nitrogen and oxygen atoms in total. The highest BCUT2D eigenvalue weighted by molar-refractivity contribution is 6.03. The van der Waals surface area contributed by atoms with E-state index in [1.165, 1.54) is 12.1 Å². The van der Waals surface area contributed by atoms with Crippen LogP contribution in [0.2, 0.25) is 0 Å². The van der Waals surface area contributed by atoms with Crippen LogP contribution in [0.5, 0.6) is 0 Å². The van der Waals surface area contributed by atoms with E-state index in [-0.39, 0.29) is 11.5 Å². The minimum atomic E-state index is -0.421. The molecule has 1 aromatic heterocycles. The first-order chi connectivity index (χ1) is 8.95. The van der Waals surface area contributed by atoms with Crippen molar-refractivity contribution in [2.45, 2.75) is 26.7 Å². The van der Waals surface area contributed by atoms with Crippen LogP contribution in [0.25, 0.3) is 0 Å². The van der Waals surface area contributed by atoms with Gasteiger partial charge in [-0.15, -0.1) is 0 Å². The zero-order valence-corrected chi connectivity index (χ0v) is 11.1. The number of aryl methyl sites for hydroxylation is 1. The molecule has 0 saturated carbocycles. The molecule has 2 rings (SSSR count). The van der Waals surface area contributed by atoms with Crippen LogP contribution in [0.1, 0.15) is 41.4 Å². The molecule has 0 radical (unpaired) electrons. The van der Waals surface area contributed by atoms with E-state index >= 15 is 0 Å². The van der Waals surface area contributed by atoms with Crippen LogP contribution in [0, 0.1) is 12.7 Å². The van der Waals surface area contributed by atoms with Crippen molar-refractivity contribution in [3.8, 4) is 0 Å². The van der Waals surface area contributed by atoms with E-state index in [4.69, 9.17) is 0 Å². The van der Waals surface area contributed by atoms with Gasteiger partial charge >= 0.3 is 0 Å². The van der Waals surface area contributed by atoms with E-state index in [0.29, 0.717) is 17.3 Å². The number of benzene rings is 1. The number of halogens is 1. The fraction of sp³-hybridized carbons (Fsp3) is 0.286. The summed E-state index contributed by atoms with van der Waals surface area (Å²) in [4.78, 5) is 12.0. The van der Waals surface area contributed by atoms with Crippen LogP contribution >= 0.6 is 0 Å². The van der Waals surface area contributed by atoms with Gasteiger partial charge in [-0.3, -0.25) is 9.89 Å². The zero-order chi connectivity index (χ0) is 14.0. The van der Waals surface area contributed by atoms with Gasteiger partial charge in [0.2, 0.25) is 0 Å². The summed E-state index contributed by atoms with van der Waals surface area (Å²) < 4.78 is 13.2. The van der Waals surface area contributed by atoms with Gasteiger partial charge in [-0.1, -0.05) is 13.8 Å². The molecule has 0 bridgehead atoms. The Bertz CT molecular complexity index is 584. The molecule has 0 aliphatic rings. The molecular weight excluding hydrogens is 245 g/mol. The molecule has 0 aliphatic carbocycles. The summed E-state index contributed by atoms with van der Waals surface area (Å²) >= 11 is 0. The molecule has 2 aromatic rings. The van der Waals surface area contributed by atoms with Crippen LogP contribution in [0.3, 0.4) is 0 Å². The maximum absolute atomic E-state index is 13.2. The number of aromatic nitrogens is 2. The Kier molecular flexibility index (Phi) is 3.64. The second-order valence-electron chi connectivity index (χ2n) is 4.83. The number of hydrogen-bond donors (Lipinski definition) is 2. The van der Waals surface area contributed by atoms with Crippen molar-refractivity contribution in [2.24, 2.45) is 0 Å². The van der Waals surface area contributed by atoms with Gasteiger partial charge in [0.05, 0.1) is 0 Å². The molecule has 1 heterocycles. The maximum atomic E-state index is 13.2. The van der Waals surface area contributed by atoms with Crippen LogP contribution in [-0.2, 0) is 0 Å². The average molecular weight is 261 g/mol. The summed E-state index contributed by atoms with van der Waals surface area (Å²) in [5, 5.41) is 9.48. The predicted octanol–water partition coefficient (Wildman–Crippen LogP) is 3.23. The summed E-state index contributed by atoms with van der Waals surface area (Å²) in [5.74, 6) is -0.0513. The van der Waals surface area contributed by atoms with Gasteiger partial charge in [-0.2, -0.15) is 5.10 Å². The van der Waals surface area contributed by atoms with Crippen LogP contribution in [0.15, 0.2) is 24.3 Å². The first kappa shape index (κ1) is 13.3. The number of rotatable bonds is 3. The minimum Gasteiger partial charge on any atom is -0.305 e. The molecule has 1 aromatic carbocycles. The van der Waals surface area contributed by atoms with Crippen molar-refractivity contribution >= 4 is 11.7 Å². The summed E-state index contributed by atoms with van der Waals surface area (Å²) in [5.41, 5.74) is 1.92. The maximum Gasteiger partial charge on any atom is 0.256 e. The van der Waals surface area contributed by atoms with Crippen molar-refractivity contribution in [1.82, 2.24) is 10.2 Å². The molecule has 0 aliphatic heterocycles. The van der Waals surface area contributed by atoms with E-state index in [0.717, 1.165) is 5.69 Å². The number of carbonyl (C=O) groups is 1. The van der Waals surface area contributed by atoms with Crippen molar-refractivity contribution in [2.75, 3.05) is 5.32 Å². The van der Waals surface area contributed by atoms with Gasteiger partial charge < -0.3 is 5.32 Å². The third-order valence-electron chi connectivity index (χ3n) is 2.77. The van der Waals surface area contributed by atoms with Crippen LogP contribution in [0.4, 0.5) is 10.2 Å². The lowest BCUT2D eigenvalue weighted by Crippen LogP contribution is -2.12. The summed E-state index contributed by atoms with van der Waals surface area (Å²) in [6, 6.07) is 5.99. The van der Waals surface area contributed by atoms with Crippen molar-refractivity contribution in [3.63, 3.8) is 0 Å². The fourth-order valence-electron chi connectivity index (χ4n) is 1.75. The summed E-state index contributed by atoms with van der Waals surface area (Å²) in [6.45, 7) is 5.79. The highest BCUT2D eigenvalue weighted by Gasteiger charge is 2.11. The first-order valence-corrected chi connectivity index (χ1v) is 6.09. The van der Waals surface area contributed by atoms with E-state index < -0.39 is 5.82 Å². The molecular formula is C14H16FN3O. The van der Waals surface area contributed by atoms with Crippen molar-refractivity contribution in [1.29, 1.82) is 0 Å². The van der Waals surface area contributed by atoms with Gasteiger partial charge in [-0.25, -0.2) is 4.39 Å². The number of nitrogens with zero attached hydrogens (tertiary/aromatic N) is 1. The lowest BCUT2D eigenvalue weighted by Gasteiger charge is -2.03. The molecule has 2 N–H and O–H groups in total. The molecule has 19 heavy (non-hydrogen) atoms.